The van der Waals surface area contributed by atoms with Gasteiger partial charge < -0.3 is 16.9 Å². The highest BCUT2D eigenvalue weighted by Gasteiger charge is 1.57. The zero-order valence-electron chi connectivity index (χ0n) is 6.12. The van der Waals surface area contributed by atoms with Crippen LogP contribution in [0.15, 0.2) is 36.4 Å². The number of nitrogens with one attached hydrogen (secondary N) is 1. The molecular weight excluding hydrogens is 142 g/mol. The van der Waals surface area contributed by atoms with Crippen molar-refractivity contribution in [3.63, 3.8) is 0 Å². The molecule has 0 spiro atoms. The van der Waals surface area contributed by atoms with Crippen molar-refractivity contribution >= 4 is 5.96 Å². The van der Waals surface area contributed by atoms with Gasteiger partial charge in [-0.2, -0.15) is 0 Å². The van der Waals surface area contributed by atoms with Crippen molar-refractivity contribution in [3.8, 4) is 0 Å². The highest BCUT2D eigenvalue weighted by atomic mass is 16.0. The molecule has 0 radical (unpaired) electrons. The van der Waals surface area contributed by atoms with Crippen LogP contribution in [0.5, 0.6) is 0 Å². The molecule has 0 saturated heterocycles. The molecule has 0 amide bonds. The molecule has 0 fully saturated rings. The van der Waals surface area contributed by atoms with Crippen LogP contribution in [0.1, 0.15) is 0 Å². The van der Waals surface area contributed by atoms with Crippen molar-refractivity contribution in [2.45, 2.75) is 0 Å². The van der Waals surface area contributed by atoms with Gasteiger partial charge in [0.25, 0.3) is 0 Å². The van der Waals surface area contributed by atoms with E-state index in [1.54, 1.807) is 0 Å². The second-order valence-corrected chi connectivity index (χ2v) is 1.61. The Kier molecular flexibility index (Phi) is 9.34. The van der Waals surface area contributed by atoms with Crippen LogP contribution in [0.4, 0.5) is 0 Å². The summed E-state index contributed by atoms with van der Waals surface area (Å²) in [7, 11) is 0. The van der Waals surface area contributed by atoms with Gasteiger partial charge in [0, 0.05) is 0 Å². The molecule has 0 saturated carbocycles. The Bertz CT molecular complexity index is 146. The van der Waals surface area contributed by atoms with E-state index in [1.807, 2.05) is 36.4 Å². The number of benzene rings is 1. The van der Waals surface area contributed by atoms with E-state index in [0.29, 0.717) is 0 Å². The first-order chi connectivity index (χ1) is 4.73. The molecule has 1 rings (SSSR count). The van der Waals surface area contributed by atoms with E-state index in [2.05, 4.69) is 11.5 Å². The van der Waals surface area contributed by atoms with Crippen LogP contribution in [0, 0.1) is 5.41 Å². The minimum atomic E-state index is -0.333. The molecule has 1 aromatic rings. The van der Waals surface area contributed by atoms with Gasteiger partial charge in [-0.05, 0) is 0 Å². The maximum absolute atomic E-state index is 6.06. The second kappa shape index (κ2) is 8.45. The van der Waals surface area contributed by atoms with E-state index < -0.39 is 0 Å². The Labute approximate surface area is 65.6 Å². The van der Waals surface area contributed by atoms with Gasteiger partial charge in [-0.25, -0.2) is 0 Å². The quantitative estimate of drug-likeness (QED) is 0.353. The van der Waals surface area contributed by atoms with Crippen molar-refractivity contribution in [1.82, 2.24) is 0 Å². The van der Waals surface area contributed by atoms with Crippen LogP contribution in [0.2, 0.25) is 0 Å². The molecule has 62 valence electrons. The largest absolute Gasteiger partial charge is 0.412 e. The summed E-state index contributed by atoms with van der Waals surface area (Å²) in [5.74, 6) is -0.333. The summed E-state index contributed by atoms with van der Waals surface area (Å²) in [5.41, 5.74) is 8.94. The lowest BCUT2D eigenvalue weighted by atomic mass is 10.4. The topological polar surface area (TPSA) is 107 Å². The number of nitrogens with two attached hydrogens (primary N) is 2. The molecule has 1 aromatic carbocycles. The SMILES string of the molecule is N=C(N)N.O.c1ccccc1. The fraction of sp³-hybridized carbons (Fsp3) is 0. The molecule has 0 aliphatic heterocycles. The van der Waals surface area contributed by atoms with Crippen molar-refractivity contribution < 1.29 is 5.48 Å². The molecule has 4 nitrogen and oxygen atoms in total. The third-order valence-electron chi connectivity index (χ3n) is 0.667. The fourth-order valence-corrected chi connectivity index (χ4v) is 0.385. The lowest BCUT2D eigenvalue weighted by Crippen LogP contribution is -2.20. The van der Waals surface area contributed by atoms with Gasteiger partial charge in [0.2, 0.25) is 0 Å². The van der Waals surface area contributed by atoms with Crippen LogP contribution >= 0.6 is 0 Å². The zero-order valence-corrected chi connectivity index (χ0v) is 6.12. The summed E-state index contributed by atoms with van der Waals surface area (Å²) in [5, 5.41) is 6.06. The van der Waals surface area contributed by atoms with Crippen LogP contribution in [0.3, 0.4) is 0 Å². The van der Waals surface area contributed by atoms with Gasteiger partial charge in [-0.1, -0.05) is 36.4 Å². The summed E-state index contributed by atoms with van der Waals surface area (Å²) in [6, 6.07) is 12.0. The van der Waals surface area contributed by atoms with E-state index in [1.165, 1.54) is 0 Å². The first-order valence-corrected chi connectivity index (χ1v) is 2.83. The standard InChI is InChI=1S/C6H6.CH5N3.H2O/c1-2-4-6-5-3-1;2-1(3)4;/h1-6H;(H5,2,3,4);1H2. The Morgan fingerprint density at radius 1 is 0.818 bits per heavy atom. The lowest BCUT2D eigenvalue weighted by molar-refractivity contribution is 0.824. The van der Waals surface area contributed by atoms with E-state index in [4.69, 9.17) is 5.41 Å². The van der Waals surface area contributed by atoms with Crippen molar-refractivity contribution in [2.24, 2.45) is 11.5 Å². The van der Waals surface area contributed by atoms with Gasteiger partial charge in [0.05, 0.1) is 0 Å². The maximum Gasteiger partial charge on any atom is 0.183 e. The molecular formula is C7H13N3O. The Balaban J connectivity index is 0. The third-order valence-corrected chi connectivity index (χ3v) is 0.667. The van der Waals surface area contributed by atoms with Crippen LogP contribution in [0.25, 0.3) is 0 Å². The average molecular weight is 155 g/mol. The molecule has 4 heteroatoms. The normalized spacial score (nSPS) is 6.55. The number of hydrogen-bond acceptors (Lipinski definition) is 1. The predicted molar refractivity (Wildman–Crippen MR) is 46.2 cm³/mol. The van der Waals surface area contributed by atoms with E-state index in [0.717, 1.165) is 0 Å². The summed E-state index contributed by atoms with van der Waals surface area (Å²) >= 11 is 0. The summed E-state index contributed by atoms with van der Waals surface area (Å²) in [6.07, 6.45) is 0. The molecule has 11 heavy (non-hydrogen) atoms. The van der Waals surface area contributed by atoms with Crippen LogP contribution < -0.4 is 11.5 Å². The molecule has 0 aliphatic carbocycles. The van der Waals surface area contributed by atoms with Crippen molar-refractivity contribution in [2.75, 3.05) is 0 Å². The van der Waals surface area contributed by atoms with Gasteiger partial charge in [-0.15, -0.1) is 0 Å². The fourth-order valence-electron chi connectivity index (χ4n) is 0.385. The summed E-state index contributed by atoms with van der Waals surface area (Å²) in [4.78, 5) is 0. The molecule has 0 aromatic heterocycles. The molecule has 0 heterocycles. The van der Waals surface area contributed by atoms with Crippen molar-refractivity contribution in [3.05, 3.63) is 36.4 Å². The van der Waals surface area contributed by atoms with Crippen LogP contribution in [-0.4, -0.2) is 11.4 Å². The van der Waals surface area contributed by atoms with Crippen LogP contribution in [-0.2, 0) is 0 Å². The van der Waals surface area contributed by atoms with Gasteiger partial charge in [-0.3, -0.25) is 5.41 Å². The average Bonchev–Trinajstić information content (AvgIpc) is 1.90. The third kappa shape index (κ3) is 17.8. The Morgan fingerprint density at radius 2 is 0.909 bits per heavy atom. The first-order valence-electron chi connectivity index (χ1n) is 2.83. The molecule has 0 atom stereocenters. The molecule has 7 N–H and O–H groups in total. The van der Waals surface area contributed by atoms with Gasteiger partial charge >= 0.3 is 0 Å². The van der Waals surface area contributed by atoms with E-state index >= 15 is 0 Å². The first kappa shape index (κ1) is 12.2. The highest BCUT2D eigenvalue weighted by Crippen LogP contribution is 1.79. The van der Waals surface area contributed by atoms with E-state index in [9.17, 15) is 0 Å². The molecule has 0 unspecified atom stereocenters. The van der Waals surface area contributed by atoms with E-state index in [-0.39, 0.29) is 11.4 Å². The number of rotatable bonds is 0. The zero-order chi connectivity index (χ0) is 7.82. The van der Waals surface area contributed by atoms with Gasteiger partial charge in [0.15, 0.2) is 5.96 Å². The molecule has 0 bridgehead atoms. The highest BCUT2D eigenvalue weighted by molar-refractivity contribution is 5.71. The molecule has 0 aliphatic rings. The lowest BCUT2D eigenvalue weighted by Gasteiger charge is -1.69. The maximum atomic E-state index is 6.06. The minimum absolute atomic E-state index is 0. The van der Waals surface area contributed by atoms with Crippen molar-refractivity contribution in [1.29, 1.82) is 5.41 Å². The Hall–Kier alpha value is -1.55. The Morgan fingerprint density at radius 3 is 1.00 bits per heavy atom. The number of hydrogen-bond donors (Lipinski definition) is 3. The smallest absolute Gasteiger partial charge is 0.183 e. The van der Waals surface area contributed by atoms with Gasteiger partial charge in [0.1, 0.15) is 0 Å². The predicted octanol–water partition coefficient (Wildman–Crippen LogP) is -0.300. The summed E-state index contributed by atoms with van der Waals surface area (Å²) < 4.78 is 0. The minimum Gasteiger partial charge on any atom is -0.412 e. The second-order valence-electron chi connectivity index (χ2n) is 1.61. The summed E-state index contributed by atoms with van der Waals surface area (Å²) in [6.45, 7) is 0. The number of guanidine groups is 1. The monoisotopic (exact) mass is 155 g/mol.